The molecule has 0 saturated carbocycles. The Balaban J connectivity index is 0.00000578. The molecule has 0 amide bonds. The van der Waals surface area contributed by atoms with Gasteiger partial charge in [-0.05, 0) is 42.8 Å². The summed E-state index contributed by atoms with van der Waals surface area (Å²) in [5.41, 5.74) is 1.71. The zero-order valence-electron chi connectivity index (χ0n) is 19.3. The Morgan fingerprint density at radius 1 is 1.06 bits per heavy atom. The van der Waals surface area contributed by atoms with Crippen molar-refractivity contribution in [1.82, 2.24) is 0 Å². The molecule has 0 saturated heterocycles. The standard InChI is InChI=1S/C17H21N3O10S3.2Na/c1-12-9-16(18-11-33(24,25)26)17(27-2)10-15(12)20-19-13-3-5-14(6-4-13)32(22,23)8-7-28-31-30-29-21;;/h3-6,9-10,18,21H,7-8,11H2,1-2H3,(H,24,25,26);;/q;2*+1/p-2. The minimum absolute atomic E-state index is 0. The normalized spacial score (nSPS) is 11.5. The topological polar surface area (TPSA) is 188 Å². The van der Waals surface area contributed by atoms with Crippen LogP contribution in [0.3, 0.4) is 0 Å². The molecule has 1 N–H and O–H groups in total. The first-order chi connectivity index (χ1) is 15.6. The Morgan fingerprint density at radius 3 is 2.29 bits per heavy atom. The van der Waals surface area contributed by atoms with Crippen molar-refractivity contribution < 1.29 is 104 Å². The number of benzene rings is 2. The maximum absolute atomic E-state index is 12.3. The van der Waals surface area contributed by atoms with Crippen molar-refractivity contribution >= 4 is 49.3 Å². The van der Waals surface area contributed by atoms with E-state index >= 15 is 0 Å². The smallest absolute Gasteiger partial charge is 0.747 e. The zero-order valence-corrected chi connectivity index (χ0v) is 25.7. The Labute approximate surface area is 251 Å². The second kappa shape index (κ2) is 16.5. The van der Waals surface area contributed by atoms with Gasteiger partial charge in [0.05, 0.1) is 41.4 Å². The molecule has 0 aliphatic carbocycles. The van der Waals surface area contributed by atoms with E-state index in [0.29, 0.717) is 22.6 Å². The molecule has 0 aliphatic heterocycles. The van der Waals surface area contributed by atoms with Gasteiger partial charge in [0.15, 0.2) is 22.2 Å². The monoisotopic (exact) mass is 567 g/mol. The first kappa shape index (κ1) is 34.7. The van der Waals surface area contributed by atoms with Crippen molar-refractivity contribution in [2.24, 2.45) is 10.2 Å². The number of anilines is 1. The van der Waals surface area contributed by atoms with E-state index in [9.17, 15) is 26.6 Å². The molecule has 0 radical (unpaired) electrons. The van der Waals surface area contributed by atoms with Gasteiger partial charge >= 0.3 is 59.1 Å². The third-order valence-corrected chi connectivity index (χ3v) is 6.53. The first-order valence-corrected chi connectivity index (χ1v) is 12.8. The van der Waals surface area contributed by atoms with Crippen LogP contribution >= 0.6 is 12.3 Å². The van der Waals surface area contributed by atoms with Crippen LogP contribution in [0.5, 0.6) is 5.75 Å². The second-order valence-electron chi connectivity index (χ2n) is 6.26. The van der Waals surface area contributed by atoms with E-state index in [1.807, 2.05) is 0 Å². The number of nitrogens with one attached hydrogen (secondary N) is 1. The molecule has 35 heavy (non-hydrogen) atoms. The van der Waals surface area contributed by atoms with Crippen molar-refractivity contribution in [3.63, 3.8) is 0 Å². The van der Waals surface area contributed by atoms with Gasteiger partial charge in [-0.2, -0.15) is 10.2 Å². The Hall–Kier alpha value is -0.310. The van der Waals surface area contributed by atoms with Crippen LogP contribution < -0.4 is 74.4 Å². The van der Waals surface area contributed by atoms with E-state index in [0.717, 1.165) is 0 Å². The van der Waals surface area contributed by atoms with E-state index < -0.39 is 25.8 Å². The van der Waals surface area contributed by atoms with Gasteiger partial charge in [0.1, 0.15) is 21.7 Å². The summed E-state index contributed by atoms with van der Waals surface area (Å²) in [5, 5.41) is 23.4. The van der Waals surface area contributed by atoms with Gasteiger partial charge in [-0.3, -0.25) is 9.22 Å². The molecule has 0 heterocycles. The van der Waals surface area contributed by atoms with Gasteiger partial charge in [-0.25, -0.2) is 16.8 Å². The maximum Gasteiger partial charge on any atom is 1.00 e. The van der Waals surface area contributed by atoms with Gasteiger partial charge in [0.2, 0.25) is 0 Å². The van der Waals surface area contributed by atoms with E-state index in [1.54, 1.807) is 13.0 Å². The average Bonchev–Trinajstić information content (AvgIpc) is 2.76. The molecular formula is C17H19N3Na2O10S3. The number of sulfone groups is 1. The summed E-state index contributed by atoms with van der Waals surface area (Å²) in [7, 11) is -6.74. The van der Waals surface area contributed by atoms with Gasteiger partial charge in [0, 0.05) is 6.07 Å². The van der Waals surface area contributed by atoms with E-state index in [-0.39, 0.29) is 94.4 Å². The van der Waals surface area contributed by atoms with Crippen molar-refractivity contribution in [3.8, 4) is 5.75 Å². The third kappa shape index (κ3) is 12.2. The zero-order chi connectivity index (χ0) is 24.5. The number of azo groups is 1. The fourth-order valence-corrected chi connectivity index (χ4v) is 4.16. The van der Waals surface area contributed by atoms with Crippen molar-refractivity contribution in [3.05, 3.63) is 42.0 Å². The number of hydrogen-bond acceptors (Lipinski definition) is 14. The Kier molecular flexibility index (Phi) is 16.4. The molecular weight excluding hydrogens is 548 g/mol. The minimum atomic E-state index is -4.47. The van der Waals surface area contributed by atoms with Crippen LogP contribution in [0.15, 0.2) is 51.5 Å². The summed E-state index contributed by atoms with van der Waals surface area (Å²) in [6.07, 6.45) is 0. The first-order valence-electron chi connectivity index (χ1n) is 8.91. The SMILES string of the molecule is COc1cc(N=Nc2ccc(S(=O)(=O)CCOSOO[O-])cc2)c(C)cc1NCS(=O)(=O)[O-].[Na+].[Na+]. The second-order valence-corrected chi connectivity index (χ2v) is 10.3. The van der Waals surface area contributed by atoms with Crippen LogP contribution in [-0.2, 0) is 33.5 Å². The number of rotatable bonds is 13. The summed E-state index contributed by atoms with van der Waals surface area (Å²) >= 11 is 0.224. The van der Waals surface area contributed by atoms with Crippen LogP contribution in [-0.4, -0.2) is 46.7 Å². The van der Waals surface area contributed by atoms with Crippen molar-refractivity contribution in [2.75, 3.05) is 30.7 Å². The number of hydrogen-bond donors (Lipinski definition) is 1. The molecule has 0 atom stereocenters. The van der Waals surface area contributed by atoms with E-state index in [4.69, 9.17) is 8.92 Å². The molecule has 2 rings (SSSR count). The summed E-state index contributed by atoms with van der Waals surface area (Å²) in [6.45, 7) is 1.47. The Bertz CT molecular complexity index is 1180. The predicted octanol–water partition coefficient (Wildman–Crippen LogP) is -4.08. The van der Waals surface area contributed by atoms with Crippen LogP contribution in [0.2, 0.25) is 0 Å². The molecule has 0 aromatic heterocycles. The van der Waals surface area contributed by atoms with Crippen LogP contribution in [0.1, 0.15) is 5.56 Å². The fourth-order valence-electron chi connectivity index (χ4n) is 2.42. The molecule has 0 unspecified atom stereocenters. The molecule has 2 aromatic carbocycles. The quantitative estimate of drug-likeness (QED) is 0.0470. The average molecular weight is 568 g/mol. The predicted molar refractivity (Wildman–Crippen MR) is 114 cm³/mol. The van der Waals surface area contributed by atoms with Gasteiger partial charge in [-0.15, -0.1) is 4.33 Å². The summed E-state index contributed by atoms with van der Waals surface area (Å²) in [5.74, 6) is -0.894. The molecule has 0 fully saturated rings. The molecule has 2 aromatic rings. The largest absolute Gasteiger partial charge is 1.00 e. The molecule has 0 bridgehead atoms. The van der Waals surface area contributed by atoms with Crippen molar-refractivity contribution in [2.45, 2.75) is 11.8 Å². The van der Waals surface area contributed by atoms with Gasteiger partial charge in [-0.1, -0.05) is 0 Å². The molecule has 18 heteroatoms. The van der Waals surface area contributed by atoms with Gasteiger partial charge < -0.3 is 19.9 Å². The van der Waals surface area contributed by atoms with E-state index in [1.165, 1.54) is 37.4 Å². The summed E-state index contributed by atoms with van der Waals surface area (Å²) in [6, 6.07) is 8.71. The summed E-state index contributed by atoms with van der Waals surface area (Å²) in [4.78, 5) is 0.0395. The summed E-state index contributed by atoms with van der Waals surface area (Å²) < 4.78 is 70.8. The van der Waals surface area contributed by atoms with Gasteiger partial charge in [0.25, 0.3) is 0 Å². The number of methoxy groups -OCH3 is 1. The third-order valence-electron chi connectivity index (χ3n) is 3.97. The van der Waals surface area contributed by atoms with Crippen LogP contribution in [0.25, 0.3) is 0 Å². The molecule has 0 spiro atoms. The van der Waals surface area contributed by atoms with Crippen LogP contribution in [0.4, 0.5) is 17.1 Å². The molecule has 182 valence electrons. The minimum Gasteiger partial charge on any atom is -0.747 e. The van der Waals surface area contributed by atoms with Crippen LogP contribution in [0, 0.1) is 6.92 Å². The number of aryl methyl sites for hydroxylation is 1. The maximum atomic E-state index is 12.3. The van der Waals surface area contributed by atoms with E-state index in [2.05, 4.69) is 24.9 Å². The number of nitrogens with zero attached hydrogens (tertiary/aromatic N) is 2. The number of ether oxygens (including phenoxy) is 1. The molecule has 0 aliphatic rings. The fraction of sp³-hybridized carbons (Fsp3) is 0.294. The molecule has 13 nitrogen and oxygen atoms in total. The Morgan fingerprint density at radius 2 is 1.71 bits per heavy atom. The van der Waals surface area contributed by atoms with Crippen molar-refractivity contribution in [1.29, 1.82) is 0 Å².